The average Bonchev–Trinajstić information content (AvgIpc) is 2.77. The molecule has 0 spiro atoms. The summed E-state index contributed by atoms with van der Waals surface area (Å²) in [6.45, 7) is 6.61. The van der Waals surface area contributed by atoms with Crippen molar-refractivity contribution < 1.29 is 5.11 Å². The third kappa shape index (κ3) is 2.52. The van der Waals surface area contributed by atoms with Crippen molar-refractivity contribution in [2.75, 3.05) is 5.73 Å². The van der Waals surface area contributed by atoms with Crippen LogP contribution in [0.4, 0.5) is 5.82 Å². The molecule has 0 amide bonds. The third-order valence-corrected chi connectivity index (χ3v) is 3.73. The molecule has 0 saturated heterocycles. The van der Waals surface area contributed by atoms with E-state index in [1.165, 1.54) is 0 Å². The zero-order chi connectivity index (χ0) is 15.9. The molecule has 3 aromatic rings. The van der Waals surface area contributed by atoms with Crippen LogP contribution in [0.1, 0.15) is 26.6 Å². The van der Waals surface area contributed by atoms with Crippen molar-refractivity contribution in [3.8, 4) is 0 Å². The number of aliphatic hydroxyl groups is 1. The number of hydrogen-bond acceptors (Lipinski definition) is 4. The van der Waals surface area contributed by atoms with Crippen molar-refractivity contribution in [1.82, 2.24) is 14.5 Å². The number of aromatic nitrogens is 3. The van der Waals surface area contributed by atoms with Gasteiger partial charge in [-0.3, -0.25) is 0 Å². The lowest BCUT2D eigenvalue weighted by Crippen LogP contribution is -2.15. The Hall–Kier alpha value is -2.14. The first-order chi connectivity index (χ1) is 10.5. The van der Waals surface area contributed by atoms with E-state index in [-0.39, 0.29) is 0 Å². The van der Waals surface area contributed by atoms with Crippen molar-refractivity contribution >= 4 is 27.8 Å². The van der Waals surface area contributed by atoms with Crippen LogP contribution in [0.25, 0.3) is 21.9 Å². The maximum absolute atomic E-state index is 9.89. The first kappa shape index (κ1) is 14.8. The largest absolute Gasteiger partial charge is 0.392 e. The number of anilines is 1. The zero-order valence-corrected chi connectivity index (χ0v) is 13.2. The normalized spacial score (nSPS) is 13.3. The Labute approximate surface area is 129 Å². The van der Waals surface area contributed by atoms with Crippen LogP contribution in [-0.2, 0) is 13.0 Å². The Morgan fingerprint density at radius 3 is 2.59 bits per heavy atom. The molecule has 0 bridgehead atoms. The highest BCUT2D eigenvalue weighted by Gasteiger charge is 2.18. The van der Waals surface area contributed by atoms with Gasteiger partial charge in [0.15, 0.2) is 5.82 Å². The summed E-state index contributed by atoms with van der Waals surface area (Å²) >= 11 is 0. The topological polar surface area (TPSA) is 77.0 Å². The number of aliphatic hydroxyl groups excluding tert-OH is 1. The summed E-state index contributed by atoms with van der Waals surface area (Å²) in [6.07, 6.45) is 0.395. The fraction of sp³-hybridized carbons (Fsp3) is 0.412. The predicted octanol–water partition coefficient (Wildman–Crippen LogP) is 2.75. The molecule has 1 unspecified atom stereocenters. The number of imidazole rings is 1. The smallest absolute Gasteiger partial charge is 0.152 e. The molecule has 3 rings (SSSR count). The maximum Gasteiger partial charge on any atom is 0.152 e. The third-order valence-electron chi connectivity index (χ3n) is 3.73. The van der Waals surface area contributed by atoms with Crippen LogP contribution in [0.2, 0.25) is 0 Å². The molecule has 3 N–H and O–H groups in total. The maximum atomic E-state index is 9.89. The lowest BCUT2D eigenvalue weighted by molar-refractivity contribution is 0.173. The lowest BCUT2D eigenvalue weighted by Gasteiger charge is -2.13. The molecule has 5 heteroatoms. The zero-order valence-electron chi connectivity index (χ0n) is 13.2. The Morgan fingerprint density at radius 2 is 1.91 bits per heavy atom. The van der Waals surface area contributed by atoms with Gasteiger partial charge < -0.3 is 15.4 Å². The second-order valence-electron chi connectivity index (χ2n) is 6.30. The highest BCUT2D eigenvalue weighted by Crippen LogP contribution is 2.29. The number of para-hydroxylation sites is 1. The number of benzene rings is 1. The number of nitrogen functional groups attached to an aromatic ring is 1. The minimum absolute atomic E-state index is 0.447. The summed E-state index contributed by atoms with van der Waals surface area (Å²) in [6, 6.07) is 7.92. The number of nitrogens with two attached hydrogens (primary N) is 1. The van der Waals surface area contributed by atoms with Crippen molar-refractivity contribution in [3.63, 3.8) is 0 Å². The fourth-order valence-corrected chi connectivity index (χ4v) is 2.89. The Morgan fingerprint density at radius 1 is 1.18 bits per heavy atom. The number of rotatable bonds is 4. The lowest BCUT2D eigenvalue weighted by atomic mass is 10.1. The molecular formula is C17H22N4O. The predicted molar refractivity (Wildman–Crippen MR) is 89.7 cm³/mol. The Kier molecular flexibility index (Phi) is 3.74. The number of fused-ring (bicyclic) bond motifs is 3. The van der Waals surface area contributed by atoms with Crippen LogP contribution in [0.15, 0.2) is 24.3 Å². The van der Waals surface area contributed by atoms with Gasteiger partial charge in [-0.25, -0.2) is 9.97 Å². The summed E-state index contributed by atoms with van der Waals surface area (Å²) in [5.74, 6) is 1.88. The molecule has 116 valence electrons. The molecular weight excluding hydrogens is 276 g/mol. The van der Waals surface area contributed by atoms with E-state index in [4.69, 9.17) is 10.7 Å². The molecule has 0 saturated carbocycles. The van der Waals surface area contributed by atoms with Gasteiger partial charge in [0.25, 0.3) is 0 Å². The van der Waals surface area contributed by atoms with Gasteiger partial charge in [0.05, 0.1) is 23.7 Å². The van der Waals surface area contributed by atoms with Gasteiger partial charge in [-0.05, 0) is 18.9 Å². The van der Waals surface area contributed by atoms with Gasteiger partial charge in [0.2, 0.25) is 0 Å². The Bertz CT molecular complexity index is 820. The molecule has 2 heterocycles. The second kappa shape index (κ2) is 5.57. The van der Waals surface area contributed by atoms with Gasteiger partial charge in [-0.1, -0.05) is 32.0 Å². The molecule has 2 aromatic heterocycles. The van der Waals surface area contributed by atoms with E-state index in [1.54, 1.807) is 6.92 Å². The van der Waals surface area contributed by atoms with Gasteiger partial charge in [0, 0.05) is 11.8 Å². The van der Waals surface area contributed by atoms with Crippen molar-refractivity contribution in [2.45, 2.75) is 39.8 Å². The minimum Gasteiger partial charge on any atom is -0.392 e. The van der Waals surface area contributed by atoms with Gasteiger partial charge in [0.1, 0.15) is 11.3 Å². The fourth-order valence-electron chi connectivity index (χ4n) is 2.89. The summed E-state index contributed by atoms with van der Waals surface area (Å²) in [5, 5.41) is 10.9. The quantitative estimate of drug-likeness (QED) is 0.776. The first-order valence-electron chi connectivity index (χ1n) is 7.68. The van der Waals surface area contributed by atoms with Crippen LogP contribution in [0, 0.1) is 5.92 Å². The van der Waals surface area contributed by atoms with Crippen LogP contribution >= 0.6 is 0 Å². The van der Waals surface area contributed by atoms with Crippen LogP contribution in [0.5, 0.6) is 0 Å². The summed E-state index contributed by atoms with van der Waals surface area (Å²) in [4.78, 5) is 9.18. The van der Waals surface area contributed by atoms with Crippen LogP contribution in [-0.4, -0.2) is 25.7 Å². The van der Waals surface area contributed by atoms with Crippen LogP contribution < -0.4 is 5.73 Å². The van der Waals surface area contributed by atoms with Gasteiger partial charge in [-0.2, -0.15) is 0 Å². The summed E-state index contributed by atoms with van der Waals surface area (Å²) in [5.41, 5.74) is 8.68. The molecule has 5 nitrogen and oxygen atoms in total. The average molecular weight is 298 g/mol. The first-order valence-corrected chi connectivity index (χ1v) is 7.68. The van der Waals surface area contributed by atoms with Crippen LogP contribution in [0.3, 0.4) is 0 Å². The highest BCUT2D eigenvalue weighted by molar-refractivity contribution is 6.06. The molecule has 0 aliphatic heterocycles. The molecule has 0 aliphatic rings. The summed E-state index contributed by atoms with van der Waals surface area (Å²) < 4.78 is 2.10. The second-order valence-corrected chi connectivity index (χ2v) is 6.30. The number of pyridine rings is 1. The Balaban J connectivity index is 2.37. The molecule has 0 fully saturated rings. The standard InChI is InChI=1S/C17H22N4O/c1-10(2)8-14-20-15-16(21(14)9-11(3)22)12-6-4-5-7-13(12)19-17(15)18/h4-7,10-11,22H,8-9H2,1-3H3,(H2,18,19). The van der Waals surface area contributed by atoms with E-state index >= 15 is 0 Å². The van der Waals surface area contributed by atoms with Crippen molar-refractivity contribution in [3.05, 3.63) is 30.1 Å². The minimum atomic E-state index is -0.448. The van der Waals surface area contributed by atoms with Gasteiger partial charge in [-0.15, -0.1) is 0 Å². The van der Waals surface area contributed by atoms with E-state index in [0.29, 0.717) is 18.3 Å². The van der Waals surface area contributed by atoms with Gasteiger partial charge >= 0.3 is 0 Å². The molecule has 0 radical (unpaired) electrons. The van der Waals surface area contributed by atoms with E-state index in [2.05, 4.69) is 23.4 Å². The van der Waals surface area contributed by atoms with Crippen molar-refractivity contribution in [2.24, 2.45) is 5.92 Å². The molecule has 0 aliphatic carbocycles. The van der Waals surface area contributed by atoms with E-state index in [9.17, 15) is 5.11 Å². The SMILES string of the molecule is CC(C)Cc1nc2c(N)nc3ccccc3c2n1CC(C)O. The summed E-state index contributed by atoms with van der Waals surface area (Å²) in [7, 11) is 0. The molecule has 1 aromatic carbocycles. The van der Waals surface area contributed by atoms with E-state index in [0.717, 1.165) is 34.2 Å². The van der Waals surface area contributed by atoms with Crippen molar-refractivity contribution in [1.29, 1.82) is 0 Å². The monoisotopic (exact) mass is 298 g/mol. The molecule has 22 heavy (non-hydrogen) atoms. The number of hydrogen-bond donors (Lipinski definition) is 2. The number of nitrogens with zero attached hydrogens (tertiary/aromatic N) is 3. The van der Waals surface area contributed by atoms with E-state index in [1.807, 2.05) is 24.3 Å². The molecule has 1 atom stereocenters. The van der Waals surface area contributed by atoms with E-state index < -0.39 is 6.10 Å². The highest BCUT2D eigenvalue weighted by atomic mass is 16.3.